The van der Waals surface area contributed by atoms with Crippen molar-refractivity contribution in [2.24, 2.45) is 10.7 Å². The number of para-hydroxylation sites is 1. The Morgan fingerprint density at radius 2 is 2.16 bits per heavy atom. The van der Waals surface area contributed by atoms with Gasteiger partial charge in [-0.1, -0.05) is 18.2 Å². The van der Waals surface area contributed by atoms with Gasteiger partial charge in [0, 0.05) is 24.2 Å². The maximum Gasteiger partial charge on any atom is 0.189 e. The second-order valence-corrected chi connectivity index (χ2v) is 5.61. The normalized spacial score (nSPS) is 16.6. The fraction of sp³-hybridized carbons (Fsp3) is 0.235. The number of aromatic nitrogens is 3. The fourth-order valence-corrected chi connectivity index (χ4v) is 2.89. The third-order valence-corrected chi connectivity index (χ3v) is 4.06. The molecule has 0 aliphatic carbocycles. The smallest absolute Gasteiger partial charge is 0.189 e. The molecule has 1 aliphatic rings. The van der Waals surface area contributed by atoms with Gasteiger partial charge in [0.2, 0.25) is 0 Å². The summed E-state index contributed by atoms with van der Waals surface area (Å²) < 4.78 is 7.43. The second-order valence-electron chi connectivity index (χ2n) is 5.61. The molecule has 1 aliphatic heterocycles. The number of fused-ring (bicyclic) bond motifs is 2. The van der Waals surface area contributed by atoms with Crippen LogP contribution < -0.4 is 15.8 Å². The van der Waals surface area contributed by atoms with Crippen LogP contribution in [0.5, 0.6) is 5.75 Å². The number of halogens is 1. The Hall–Kier alpha value is -2.36. The molecule has 3 N–H and O–H groups in total. The molecule has 0 radical (unpaired) electrons. The number of ether oxygens (including phenoxy) is 1. The lowest BCUT2D eigenvalue weighted by Gasteiger charge is -2.26. The predicted molar refractivity (Wildman–Crippen MR) is 106 cm³/mol. The molecule has 25 heavy (non-hydrogen) atoms. The van der Waals surface area contributed by atoms with Gasteiger partial charge in [0.05, 0.1) is 31.1 Å². The Morgan fingerprint density at radius 1 is 1.28 bits per heavy atom. The summed E-state index contributed by atoms with van der Waals surface area (Å²) in [6.07, 6.45) is 4.32. The van der Waals surface area contributed by atoms with Crippen molar-refractivity contribution in [3.63, 3.8) is 0 Å². The van der Waals surface area contributed by atoms with Gasteiger partial charge in [0.15, 0.2) is 11.6 Å². The van der Waals surface area contributed by atoms with E-state index in [0.29, 0.717) is 19.1 Å². The number of rotatable bonds is 3. The molecule has 7 nitrogen and oxygen atoms in total. The van der Waals surface area contributed by atoms with E-state index >= 15 is 0 Å². The van der Waals surface area contributed by atoms with Crippen LogP contribution >= 0.6 is 24.0 Å². The molecule has 3 aromatic rings. The maximum absolute atomic E-state index is 6.08. The molecular weight excluding hydrogens is 431 g/mol. The quantitative estimate of drug-likeness (QED) is 0.363. The largest absolute Gasteiger partial charge is 0.493 e. The van der Waals surface area contributed by atoms with Crippen LogP contribution in [0.25, 0.3) is 5.65 Å². The first-order valence-corrected chi connectivity index (χ1v) is 7.87. The zero-order valence-electron chi connectivity index (χ0n) is 13.5. The van der Waals surface area contributed by atoms with Gasteiger partial charge in [-0.3, -0.25) is 0 Å². The molecular formula is C17H19IN6O. The van der Waals surface area contributed by atoms with Crippen LogP contribution in [-0.2, 0) is 6.54 Å². The summed E-state index contributed by atoms with van der Waals surface area (Å²) in [6, 6.07) is 11.9. The van der Waals surface area contributed by atoms with E-state index in [0.717, 1.165) is 29.1 Å². The topological polar surface area (TPSA) is 89.8 Å². The van der Waals surface area contributed by atoms with Crippen molar-refractivity contribution in [3.05, 3.63) is 60.0 Å². The monoisotopic (exact) mass is 450 g/mol. The third kappa shape index (κ3) is 3.68. The minimum absolute atomic E-state index is 0. The van der Waals surface area contributed by atoms with Crippen molar-refractivity contribution >= 4 is 35.6 Å². The number of nitrogens with one attached hydrogen (secondary N) is 1. The molecule has 0 saturated carbocycles. The van der Waals surface area contributed by atoms with Crippen molar-refractivity contribution in [2.45, 2.75) is 19.0 Å². The standard InChI is InChI=1S/C17H18N6O.HI/c18-17(20-11-12-5-8-19-16-6-9-21-23(12)16)22-14-7-10-24-15-4-2-1-3-13(14)15;/h1-6,8-9,14H,7,10-11H2,(H3,18,20,22);1H. The van der Waals surface area contributed by atoms with Crippen molar-refractivity contribution < 1.29 is 4.74 Å². The zero-order valence-corrected chi connectivity index (χ0v) is 15.8. The number of nitrogens with two attached hydrogens (primary N) is 1. The van der Waals surface area contributed by atoms with Gasteiger partial charge in [-0.05, 0) is 12.1 Å². The summed E-state index contributed by atoms with van der Waals surface area (Å²) in [6.45, 7) is 1.10. The van der Waals surface area contributed by atoms with Crippen molar-refractivity contribution in [3.8, 4) is 5.75 Å². The molecule has 1 aromatic carbocycles. The van der Waals surface area contributed by atoms with Crippen LogP contribution in [0, 0.1) is 0 Å². The molecule has 0 amide bonds. The highest BCUT2D eigenvalue weighted by Crippen LogP contribution is 2.31. The number of hydrogen-bond acceptors (Lipinski definition) is 4. The van der Waals surface area contributed by atoms with E-state index in [2.05, 4.69) is 26.5 Å². The second kappa shape index (κ2) is 7.68. The van der Waals surface area contributed by atoms with Gasteiger partial charge in [0.25, 0.3) is 0 Å². The average molecular weight is 450 g/mol. The Labute approximate surface area is 162 Å². The highest BCUT2D eigenvalue weighted by atomic mass is 127. The Kier molecular flexibility index (Phi) is 5.37. The molecule has 3 heterocycles. The first-order chi connectivity index (χ1) is 11.8. The highest BCUT2D eigenvalue weighted by molar-refractivity contribution is 14.0. The van der Waals surface area contributed by atoms with Crippen molar-refractivity contribution in [2.75, 3.05) is 6.61 Å². The minimum Gasteiger partial charge on any atom is -0.493 e. The van der Waals surface area contributed by atoms with Crippen LogP contribution in [0.3, 0.4) is 0 Å². The van der Waals surface area contributed by atoms with E-state index < -0.39 is 0 Å². The summed E-state index contributed by atoms with van der Waals surface area (Å²) in [4.78, 5) is 8.68. The number of hydrogen-bond donors (Lipinski definition) is 2. The molecule has 0 saturated heterocycles. The Morgan fingerprint density at radius 3 is 3.08 bits per heavy atom. The minimum atomic E-state index is 0. The first kappa shape index (κ1) is 17.5. The van der Waals surface area contributed by atoms with E-state index in [1.807, 2.05) is 30.3 Å². The van der Waals surface area contributed by atoms with Crippen LogP contribution in [0.2, 0.25) is 0 Å². The summed E-state index contributed by atoms with van der Waals surface area (Å²) in [7, 11) is 0. The van der Waals surface area contributed by atoms with E-state index in [9.17, 15) is 0 Å². The summed E-state index contributed by atoms with van der Waals surface area (Å²) in [5.41, 5.74) is 8.92. The number of benzene rings is 1. The highest BCUT2D eigenvalue weighted by Gasteiger charge is 2.21. The molecule has 4 rings (SSSR count). The third-order valence-electron chi connectivity index (χ3n) is 4.06. The summed E-state index contributed by atoms with van der Waals surface area (Å²) in [5.74, 6) is 1.32. The van der Waals surface area contributed by atoms with Crippen LogP contribution in [-0.4, -0.2) is 27.2 Å². The molecule has 1 unspecified atom stereocenters. The fourth-order valence-electron chi connectivity index (χ4n) is 2.89. The average Bonchev–Trinajstić information content (AvgIpc) is 3.09. The molecule has 8 heteroatoms. The zero-order chi connectivity index (χ0) is 16.4. The van der Waals surface area contributed by atoms with Crippen molar-refractivity contribution in [1.82, 2.24) is 19.9 Å². The van der Waals surface area contributed by atoms with Gasteiger partial charge in [-0.2, -0.15) is 5.10 Å². The van der Waals surface area contributed by atoms with Crippen molar-refractivity contribution in [1.29, 1.82) is 0 Å². The predicted octanol–water partition coefficient (Wildman–Crippen LogP) is 2.28. The van der Waals surface area contributed by atoms with Crippen LogP contribution in [0.1, 0.15) is 23.7 Å². The number of guanidine groups is 1. The summed E-state index contributed by atoms with van der Waals surface area (Å²) >= 11 is 0. The van der Waals surface area contributed by atoms with Crippen LogP contribution in [0.15, 0.2) is 53.8 Å². The molecule has 1 atom stereocenters. The van der Waals surface area contributed by atoms with Gasteiger partial charge in [-0.25, -0.2) is 14.5 Å². The van der Waals surface area contributed by atoms with Gasteiger partial charge in [-0.15, -0.1) is 24.0 Å². The SMILES string of the molecule is I.NC(=NCc1ccnc2ccnn12)NC1CCOc2ccccc21. The molecule has 0 fully saturated rings. The van der Waals surface area contributed by atoms with E-state index in [1.165, 1.54) is 0 Å². The lowest BCUT2D eigenvalue weighted by Crippen LogP contribution is -2.37. The van der Waals surface area contributed by atoms with Gasteiger partial charge < -0.3 is 15.8 Å². The van der Waals surface area contributed by atoms with Gasteiger partial charge in [0.1, 0.15) is 5.75 Å². The lowest BCUT2D eigenvalue weighted by atomic mass is 10.0. The van der Waals surface area contributed by atoms with E-state index in [1.54, 1.807) is 16.9 Å². The number of nitrogens with zero attached hydrogens (tertiary/aromatic N) is 4. The molecule has 130 valence electrons. The maximum atomic E-state index is 6.08. The molecule has 0 bridgehead atoms. The molecule has 0 spiro atoms. The molecule has 2 aromatic heterocycles. The lowest BCUT2D eigenvalue weighted by molar-refractivity contribution is 0.262. The van der Waals surface area contributed by atoms with Gasteiger partial charge >= 0.3 is 0 Å². The number of aliphatic imine (C=N–C) groups is 1. The van der Waals surface area contributed by atoms with Crippen LogP contribution in [0.4, 0.5) is 0 Å². The summed E-state index contributed by atoms with van der Waals surface area (Å²) in [5, 5.41) is 7.54. The first-order valence-electron chi connectivity index (χ1n) is 7.87. The Bertz CT molecular complexity index is 893. The van der Waals surface area contributed by atoms with E-state index in [4.69, 9.17) is 10.5 Å². The Balaban J connectivity index is 0.00000182. The van der Waals surface area contributed by atoms with E-state index in [-0.39, 0.29) is 30.0 Å².